The number of ether oxygens (including phenoxy) is 1. The number of hydrogen-bond donors (Lipinski definition) is 1. The van der Waals surface area contributed by atoms with Crippen LogP contribution in [0.2, 0.25) is 0 Å². The van der Waals surface area contributed by atoms with Gasteiger partial charge in [0, 0.05) is 25.8 Å². The molecule has 0 bridgehead atoms. The fraction of sp³-hybridized carbons (Fsp3) is 1.00. The lowest BCUT2D eigenvalue weighted by atomic mass is 10.0. The smallest absolute Gasteiger partial charge is 0.0476 e. The monoisotopic (exact) mass is 242 g/mol. The van der Waals surface area contributed by atoms with Crippen LogP contribution in [0, 0.1) is 0 Å². The van der Waals surface area contributed by atoms with Crippen LogP contribution in [0.3, 0.4) is 0 Å². The maximum atomic E-state index is 5.11. The zero-order valence-electron chi connectivity index (χ0n) is 11.9. The number of likely N-dealkylation sites (tertiary alicyclic amines) is 1. The van der Waals surface area contributed by atoms with Gasteiger partial charge in [-0.3, -0.25) is 0 Å². The summed E-state index contributed by atoms with van der Waals surface area (Å²) in [6, 6.07) is 1.31. The number of rotatable bonds is 8. The Kier molecular flexibility index (Phi) is 7.82. The number of piperidine rings is 1. The molecule has 1 N–H and O–H groups in total. The molecule has 1 heterocycles. The molecule has 1 aliphatic heterocycles. The predicted octanol–water partition coefficient (Wildman–Crippen LogP) is 2.27. The normalized spacial score (nSPS) is 20.6. The third-order valence-corrected chi connectivity index (χ3v) is 3.69. The lowest BCUT2D eigenvalue weighted by Gasteiger charge is -2.33. The van der Waals surface area contributed by atoms with E-state index in [-0.39, 0.29) is 0 Å². The van der Waals surface area contributed by atoms with Gasteiger partial charge in [-0.25, -0.2) is 0 Å². The molecule has 0 aromatic heterocycles. The summed E-state index contributed by atoms with van der Waals surface area (Å²) in [6.45, 7) is 9.24. The summed E-state index contributed by atoms with van der Waals surface area (Å²) < 4.78 is 5.11. The second kappa shape index (κ2) is 8.90. The third kappa shape index (κ3) is 6.39. The summed E-state index contributed by atoms with van der Waals surface area (Å²) in [5.41, 5.74) is 0. The largest absolute Gasteiger partial charge is 0.385 e. The van der Waals surface area contributed by atoms with Crippen molar-refractivity contribution in [2.45, 2.75) is 58.0 Å². The third-order valence-electron chi connectivity index (χ3n) is 3.69. The van der Waals surface area contributed by atoms with Crippen LogP contribution in [0.5, 0.6) is 0 Å². The van der Waals surface area contributed by atoms with E-state index in [9.17, 15) is 0 Å². The zero-order chi connectivity index (χ0) is 12.5. The summed E-state index contributed by atoms with van der Waals surface area (Å²) in [4.78, 5) is 2.61. The van der Waals surface area contributed by atoms with Crippen molar-refractivity contribution in [3.05, 3.63) is 0 Å². The molecule has 0 aliphatic carbocycles. The van der Waals surface area contributed by atoms with E-state index in [0.717, 1.165) is 19.1 Å². The molecule has 1 atom stereocenters. The SMILES string of the molecule is CCCCN1CCC(NC(C)CCOC)CC1. The summed E-state index contributed by atoms with van der Waals surface area (Å²) in [5.74, 6) is 0. The van der Waals surface area contributed by atoms with Gasteiger partial charge >= 0.3 is 0 Å². The van der Waals surface area contributed by atoms with Gasteiger partial charge in [0.05, 0.1) is 0 Å². The van der Waals surface area contributed by atoms with Crippen LogP contribution in [-0.4, -0.2) is 50.3 Å². The number of hydrogen-bond acceptors (Lipinski definition) is 3. The van der Waals surface area contributed by atoms with Crippen molar-refractivity contribution in [3.63, 3.8) is 0 Å². The molecule has 3 heteroatoms. The lowest BCUT2D eigenvalue weighted by Crippen LogP contribution is -2.45. The van der Waals surface area contributed by atoms with Gasteiger partial charge in [0.1, 0.15) is 0 Å². The number of nitrogens with one attached hydrogen (secondary N) is 1. The quantitative estimate of drug-likeness (QED) is 0.706. The van der Waals surface area contributed by atoms with Crippen molar-refractivity contribution in [1.82, 2.24) is 10.2 Å². The second-order valence-corrected chi connectivity index (χ2v) is 5.32. The van der Waals surface area contributed by atoms with E-state index < -0.39 is 0 Å². The maximum Gasteiger partial charge on any atom is 0.0476 e. The fourth-order valence-corrected chi connectivity index (χ4v) is 2.49. The minimum Gasteiger partial charge on any atom is -0.385 e. The first kappa shape index (κ1) is 14.9. The zero-order valence-corrected chi connectivity index (χ0v) is 11.9. The highest BCUT2D eigenvalue weighted by Gasteiger charge is 2.19. The van der Waals surface area contributed by atoms with Crippen LogP contribution in [0.15, 0.2) is 0 Å². The van der Waals surface area contributed by atoms with Crippen molar-refractivity contribution in [1.29, 1.82) is 0 Å². The van der Waals surface area contributed by atoms with Crippen molar-refractivity contribution in [3.8, 4) is 0 Å². The Labute approximate surface area is 107 Å². The Morgan fingerprint density at radius 2 is 2.06 bits per heavy atom. The minimum absolute atomic E-state index is 0.585. The molecule has 1 aliphatic rings. The molecule has 0 aromatic rings. The summed E-state index contributed by atoms with van der Waals surface area (Å²) in [7, 11) is 1.78. The standard InChI is InChI=1S/C14H30N2O/c1-4-5-9-16-10-6-14(7-11-16)15-13(2)8-12-17-3/h13-15H,4-12H2,1-3H3. The maximum absolute atomic E-state index is 5.11. The Balaban J connectivity index is 2.09. The first-order chi connectivity index (χ1) is 8.26. The van der Waals surface area contributed by atoms with E-state index in [1.165, 1.54) is 45.3 Å². The van der Waals surface area contributed by atoms with Gasteiger partial charge in [0.25, 0.3) is 0 Å². The van der Waals surface area contributed by atoms with E-state index in [1.54, 1.807) is 7.11 Å². The van der Waals surface area contributed by atoms with Crippen molar-refractivity contribution < 1.29 is 4.74 Å². The van der Waals surface area contributed by atoms with Crippen LogP contribution in [0.1, 0.15) is 46.0 Å². The van der Waals surface area contributed by atoms with Gasteiger partial charge in [-0.2, -0.15) is 0 Å². The van der Waals surface area contributed by atoms with E-state index in [4.69, 9.17) is 4.74 Å². The first-order valence-electron chi connectivity index (χ1n) is 7.23. The molecule has 102 valence electrons. The first-order valence-corrected chi connectivity index (χ1v) is 7.23. The van der Waals surface area contributed by atoms with Gasteiger partial charge in [-0.1, -0.05) is 13.3 Å². The van der Waals surface area contributed by atoms with Gasteiger partial charge in [0.15, 0.2) is 0 Å². The Morgan fingerprint density at radius 1 is 1.35 bits per heavy atom. The molecular formula is C14H30N2O. The van der Waals surface area contributed by atoms with E-state index in [0.29, 0.717) is 6.04 Å². The molecule has 1 unspecified atom stereocenters. The molecule has 1 saturated heterocycles. The molecule has 1 fully saturated rings. The van der Waals surface area contributed by atoms with Crippen molar-refractivity contribution in [2.24, 2.45) is 0 Å². The highest BCUT2D eigenvalue weighted by molar-refractivity contribution is 4.79. The average Bonchev–Trinajstić information content (AvgIpc) is 2.35. The van der Waals surface area contributed by atoms with Gasteiger partial charge in [-0.15, -0.1) is 0 Å². The second-order valence-electron chi connectivity index (χ2n) is 5.32. The predicted molar refractivity (Wildman–Crippen MR) is 73.5 cm³/mol. The van der Waals surface area contributed by atoms with Crippen LogP contribution in [-0.2, 0) is 4.74 Å². The molecule has 0 aromatic carbocycles. The van der Waals surface area contributed by atoms with Crippen molar-refractivity contribution >= 4 is 0 Å². The molecule has 3 nitrogen and oxygen atoms in total. The summed E-state index contributed by atoms with van der Waals surface area (Å²) >= 11 is 0. The van der Waals surface area contributed by atoms with Gasteiger partial charge < -0.3 is 15.0 Å². The van der Waals surface area contributed by atoms with Crippen LogP contribution < -0.4 is 5.32 Å². The van der Waals surface area contributed by atoms with E-state index in [1.807, 2.05) is 0 Å². The highest BCUT2D eigenvalue weighted by atomic mass is 16.5. The average molecular weight is 242 g/mol. The Hall–Kier alpha value is -0.120. The molecule has 0 radical (unpaired) electrons. The van der Waals surface area contributed by atoms with Crippen LogP contribution in [0.4, 0.5) is 0 Å². The summed E-state index contributed by atoms with van der Waals surface area (Å²) in [5, 5.41) is 3.72. The highest BCUT2D eigenvalue weighted by Crippen LogP contribution is 2.12. The minimum atomic E-state index is 0.585. The molecule has 0 spiro atoms. The van der Waals surface area contributed by atoms with Crippen LogP contribution in [0.25, 0.3) is 0 Å². The Morgan fingerprint density at radius 3 is 2.65 bits per heavy atom. The Bertz CT molecular complexity index is 179. The van der Waals surface area contributed by atoms with Crippen LogP contribution >= 0.6 is 0 Å². The van der Waals surface area contributed by atoms with Crippen molar-refractivity contribution in [2.75, 3.05) is 33.4 Å². The van der Waals surface area contributed by atoms with Gasteiger partial charge in [0.2, 0.25) is 0 Å². The number of nitrogens with zero attached hydrogens (tertiary/aromatic N) is 1. The number of methoxy groups -OCH3 is 1. The number of unbranched alkanes of at least 4 members (excludes halogenated alkanes) is 1. The molecule has 0 saturated carbocycles. The van der Waals surface area contributed by atoms with E-state index in [2.05, 4.69) is 24.1 Å². The van der Waals surface area contributed by atoms with E-state index >= 15 is 0 Å². The fourth-order valence-electron chi connectivity index (χ4n) is 2.49. The summed E-state index contributed by atoms with van der Waals surface area (Å²) in [6.07, 6.45) is 6.39. The van der Waals surface area contributed by atoms with Gasteiger partial charge in [-0.05, 0) is 52.2 Å². The topological polar surface area (TPSA) is 24.5 Å². The molecule has 17 heavy (non-hydrogen) atoms. The lowest BCUT2D eigenvalue weighted by molar-refractivity contribution is 0.166. The molecule has 1 rings (SSSR count). The molecule has 0 amide bonds. The molecular weight excluding hydrogens is 212 g/mol.